The predicted octanol–water partition coefficient (Wildman–Crippen LogP) is 4.38. The zero-order valence-electron chi connectivity index (χ0n) is 8.95. The molecule has 1 heterocycles. The first kappa shape index (κ1) is 12.5. The smallest absolute Gasteiger partial charge is 0.249 e. The summed E-state index contributed by atoms with van der Waals surface area (Å²) in [5.74, 6) is 0.181. The van der Waals surface area contributed by atoms with Crippen molar-refractivity contribution in [2.45, 2.75) is 18.2 Å². The van der Waals surface area contributed by atoms with Crippen LogP contribution in [0.4, 0.5) is 4.39 Å². The molecule has 6 heteroatoms. The number of alkyl halides is 1. The Morgan fingerprint density at radius 1 is 1.47 bits per heavy atom. The first-order valence-corrected chi connectivity index (χ1v) is 6.34. The van der Waals surface area contributed by atoms with Crippen molar-refractivity contribution >= 4 is 27.5 Å². The molecule has 1 aromatic carbocycles. The highest BCUT2D eigenvalue weighted by Crippen LogP contribution is 2.32. The van der Waals surface area contributed by atoms with Crippen LogP contribution in [0.5, 0.6) is 0 Å². The zero-order chi connectivity index (χ0) is 12.4. The fraction of sp³-hybridized carbons (Fsp3) is 0.273. The summed E-state index contributed by atoms with van der Waals surface area (Å²) < 4.78 is 18.7. The minimum absolute atomic E-state index is 0.00363. The van der Waals surface area contributed by atoms with Gasteiger partial charge in [-0.15, -0.1) is 10.2 Å². The van der Waals surface area contributed by atoms with Crippen molar-refractivity contribution < 1.29 is 8.81 Å². The lowest BCUT2D eigenvalue weighted by atomic mass is 10.2. The Kier molecular flexibility index (Phi) is 3.79. The van der Waals surface area contributed by atoms with Crippen LogP contribution in [0.1, 0.15) is 24.1 Å². The molecule has 1 aromatic heterocycles. The van der Waals surface area contributed by atoms with E-state index < -0.39 is 5.82 Å². The van der Waals surface area contributed by atoms with Gasteiger partial charge in [-0.2, -0.15) is 0 Å². The van der Waals surface area contributed by atoms with Crippen LogP contribution in [0, 0.1) is 5.82 Å². The third-order valence-corrected chi connectivity index (χ3v) is 3.67. The van der Waals surface area contributed by atoms with Gasteiger partial charge in [0.2, 0.25) is 11.8 Å². The summed E-state index contributed by atoms with van der Waals surface area (Å²) in [4.78, 5) is -0.00363. The van der Waals surface area contributed by atoms with Crippen LogP contribution in [-0.2, 0) is 0 Å². The van der Waals surface area contributed by atoms with Gasteiger partial charge in [0.15, 0.2) is 0 Å². The van der Waals surface area contributed by atoms with Crippen molar-refractivity contribution in [1.82, 2.24) is 10.2 Å². The number of hydrogen-bond donors (Lipinski definition) is 0. The molecular formula is C11H9BrClFN2O. The molecule has 0 N–H and O–H groups in total. The van der Waals surface area contributed by atoms with Crippen LogP contribution >= 0.6 is 27.5 Å². The van der Waals surface area contributed by atoms with E-state index in [9.17, 15) is 4.39 Å². The number of halogens is 3. The SMILES string of the molecule is CCC(Br)c1nnc(-c2cccc(F)c2Cl)o1. The molecule has 3 nitrogen and oxygen atoms in total. The number of aromatic nitrogens is 2. The van der Waals surface area contributed by atoms with Crippen LogP contribution in [-0.4, -0.2) is 10.2 Å². The maximum atomic E-state index is 13.3. The van der Waals surface area contributed by atoms with Gasteiger partial charge in [0.25, 0.3) is 0 Å². The van der Waals surface area contributed by atoms with Crippen molar-refractivity contribution in [3.05, 3.63) is 34.9 Å². The van der Waals surface area contributed by atoms with E-state index in [-0.39, 0.29) is 15.7 Å². The van der Waals surface area contributed by atoms with E-state index in [1.165, 1.54) is 6.07 Å². The molecule has 0 aliphatic heterocycles. The average molecular weight is 320 g/mol. The second-order valence-electron chi connectivity index (χ2n) is 3.42. The molecule has 0 aliphatic rings. The van der Waals surface area contributed by atoms with Gasteiger partial charge in [-0.25, -0.2) is 4.39 Å². The van der Waals surface area contributed by atoms with Crippen LogP contribution in [0.3, 0.4) is 0 Å². The molecule has 90 valence electrons. The van der Waals surface area contributed by atoms with Gasteiger partial charge in [-0.05, 0) is 18.6 Å². The standard InChI is InChI=1S/C11H9BrClFN2O/c1-2-7(12)11-16-15-10(17-11)6-4-3-5-8(14)9(6)13/h3-5,7H,2H2,1H3. The Labute approximate surface area is 111 Å². The van der Waals surface area contributed by atoms with Gasteiger partial charge in [0.1, 0.15) is 5.82 Å². The fourth-order valence-electron chi connectivity index (χ4n) is 1.31. The third kappa shape index (κ3) is 2.50. The molecule has 0 aliphatic carbocycles. The second-order valence-corrected chi connectivity index (χ2v) is 4.91. The topological polar surface area (TPSA) is 38.9 Å². The largest absolute Gasteiger partial charge is 0.419 e. The summed E-state index contributed by atoms with van der Waals surface area (Å²) >= 11 is 9.24. The van der Waals surface area contributed by atoms with Gasteiger partial charge in [-0.3, -0.25) is 0 Å². The summed E-state index contributed by atoms with van der Waals surface area (Å²) in [6.45, 7) is 1.98. The lowest BCUT2D eigenvalue weighted by Gasteiger charge is -2.00. The monoisotopic (exact) mass is 318 g/mol. The Balaban J connectivity index is 2.40. The highest BCUT2D eigenvalue weighted by Gasteiger charge is 2.17. The molecule has 0 amide bonds. The van der Waals surface area contributed by atoms with Crippen LogP contribution < -0.4 is 0 Å². The van der Waals surface area contributed by atoms with Crippen molar-refractivity contribution in [3.8, 4) is 11.5 Å². The van der Waals surface area contributed by atoms with Crippen LogP contribution in [0.2, 0.25) is 5.02 Å². The van der Waals surface area contributed by atoms with Crippen molar-refractivity contribution in [3.63, 3.8) is 0 Å². The number of benzene rings is 1. The molecule has 0 spiro atoms. The van der Waals surface area contributed by atoms with E-state index in [0.717, 1.165) is 6.42 Å². The van der Waals surface area contributed by atoms with Gasteiger partial charge in [0, 0.05) is 0 Å². The molecule has 17 heavy (non-hydrogen) atoms. The van der Waals surface area contributed by atoms with Gasteiger partial charge < -0.3 is 4.42 Å². The normalized spacial score (nSPS) is 12.7. The van der Waals surface area contributed by atoms with Gasteiger partial charge in [-0.1, -0.05) is 40.5 Å². The van der Waals surface area contributed by atoms with Crippen LogP contribution in [0.25, 0.3) is 11.5 Å². The molecule has 1 atom stereocenters. The van der Waals surface area contributed by atoms with Gasteiger partial charge >= 0.3 is 0 Å². The van der Waals surface area contributed by atoms with Gasteiger partial charge in [0.05, 0.1) is 15.4 Å². The minimum Gasteiger partial charge on any atom is -0.419 e. The third-order valence-electron chi connectivity index (χ3n) is 2.25. The molecule has 2 aromatic rings. The van der Waals surface area contributed by atoms with E-state index in [0.29, 0.717) is 11.5 Å². The van der Waals surface area contributed by atoms with E-state index in [4.69, 9.17) is 16.0 Å². The van der Waals surface area contributed by atoms with E-state index in [2.05, 4.69) is 26.1 Å². The summed E-state index contributed by atoms with van der Waals surface area (Å²) in [6.07, 6.45) is 0.818. The first-order valence-electron chi connectivity index (χ1n) is 5.05. The van der Waals surface area contributed by atoms with Crippen molar-refractivity contribution in [1.29, 1.82) is 0 Å². The molecule has 0 saturated heterocycles. The first-order chi connectivity index (χ1) is 8.13. The maximum Gasteiger partial charge on any atom is 0.249 e. The summed E-state index contributed by atoms with van der Waals surface area (Å²) in [5, 5.41) is 7.74. The minimum atomic E-state index is -0.505. The molecule has 0 radical (unpaired) electrons. The van der Waals surface area contributed by atoms with E-state index in [1.54, 1.807) is 12.1 Å². The maximum absolute atomic E-state index is 13.3. The fourth-order valence-corrected chi connectivity index (χ4v) is 1.71. The number of nitrogens with zero attached hydrogens (tertiary/aromatic N) is 2. The molecule has 2 rings (SSSR count). The van der Waals surface area contributed by atoms with Crippen molar-refractivity contribution in [2.24, 2.45) is 0 Å². The number of rotatable bonds is 3. The summed E-state index contributed by atoms with van der Waals surface area (Å²) in [6, 6.07) is 4.46. The second kappa shape index (κ2) is 5.14. The van der Waals surface area contributed by atoms with E-state index >= 15 is 0 Å². The molecule has 1 unspecified atom stereocenters. The summed E-state index contributed by atoms with van der Waals surface area (Å²) in [7, 11) is 0. The quantitative estimate of drug-likeness (QED) is 0.788. The highest BCUT2D eigenvalue weighted by atomic mass is 79.9. The molecular weight excluding hydrogens is 310 g/mol. The van der Waals surface area contributed by atoms with Crippen LogP contribution in [0.15, 0.2) is 22.6 Å². The lowest BCUT2D eigenvalue weighted by molar-refractivity contribution is 0.500. The molecule has 0 saturated carbocycles. The molecule has 0 bridgehead atoms. The Morgan fingerprint density at radius 3 is 2.94 bits per heavy atom. The summed E-state index contributed by atoms with van der Waals surface area (Å²) in [5.41, 5.74) is 0.404. The zero-order valence-corrected chi connectivity index (χ0v) is 11.3. The average Bonchev–Trinajstić information content (AvgIpc) is 2.81. The predicted molar refractivity (Wildman–Crippen MR) is 66.7 cm³/mol. The highest BCUT2D eigenvalue weighted by molar-refractivity contribution is 9.09. The number of hydrogen-bond acceptors (Lipinski definition) is 3. The Morgan fingerprint density at radius 2 is 2.24 bits per heavy atom. The lowest BCUT2D eigenvalue weighted by Crippen LogP contribution is -1.86. The Bertz CT molecular complexity index is 532. The van der Waals surface area contributed by atoms with E-state index in [1.807, 2.05) is 6.92 Å². The Hall–Kier alpha value is -0.940. The van der Waals surface area contributed by atoms with Crippen molar-refractivity contribution in [2.75, 3.05) is 0 Å². The molecule has 0 fully saturated rings.